The maximum absolute atomic E-state index is 10.5. The summed E-state index contributed by atoms with van der Waals surface area (Å²) in [4.78, 5) is 20.0. The Balaban J connectivity index is 3.24. The second kappa shape index (κ2) is 3.32. The van der Waals surface area contributed by atoms with E-state index in [1.54, 1.807) is 0 Å². The van der Waals surface area contributed by atoms with Crippen LogP contribution in [0.25, 0.3) is 0 Å². The molecule has 0 fully saturated rings. The van der Waals surface area contributed by atoms with Crippen molar-refractivity contribution in [3.8, 4) is 5.88 Å². The third kappa shape index (κ3) is 1.63. The monoisotopic (exact) mass is 201 g/mol. The molecule has 0 radical (unpaired) electrons. The van der Waals surface area contributed by atoms with Gasteiger partial charge in [-0.3, -0.25) is 10.1 Å². The third-order valence-electron chi connectivity index (χ3n) is 1.51. The van der Waals surface area contributed by atoms with Crippen LogP contribution in [-0.4, -0.2) is 26.0 Å². The Morgan fingerprint density at radius 2 is 2.29 bits per heavy atom. The highest BCUT2D eigenvalue weighted by Gasteiger charge is 2.27. The standard InChI is InChI=1S/C6H7N3O5/c1-3-4(9(12)13)5(8(2)7-3)14-6(10)11/h1-2H3,(H,10,11). The van der Waals surface area contributed by atoms with E-state index < -0.39 is 16.8 Å². The summed E-state index contributed by atoms with van der Waals surface area (Å²) in [5.41, 5.74) is -0.330. The van der Waals surface area contributed by atoms with E-state index in [9.17, 15) is 14.9 Å². The van der Waals surface area contributed by atoms with Crippen LogP contribution < -0.4 is 4.74 Å². The highest BCUT2D eigenvalue weighted by molar-refractivity contribution is 5.63. The molecule has 0 spiro atoms. The first-order chi connectivity index (χ1) is 6.43. The minimum Gasteiger partial charge on any atom is -0.449 e. The summed E-state index contributed by atoms with van der Waals surface area (Å²) in [6.45, 7) is 1.40. The number of aryl methyl sites for hydroxylation is 2. The van der Waals surface area contributed by atoms with Crippen LogP contribution in [0.2, 0.25) is 0 Å². The van der Waals surface area contributed by atoms with Gasteiger partial charge < -0.3 is 9.84 Å². The highest BCUT2D eigenvalue weighted by atomic mass is 16.7. The summed E-state index contributed by atoms with van der Waals surface area (Å²) >= 11 is 0. The van der Waals surface area contributed by atoms with Gasteiger partial charge in [-0.2, -0.15) is 5.10 Å². The molecule has 0 aliphatic carbocycles. The normalized spacial score (nSPS) is 9.86. The lowest BCUT2D eigenvalue weighted by Gasteiger charge is -1.97. The first-order valence-corrected chi connectivity index (χ1v) is 3.52. The quantitative estimate of drug-likeness (QED) is 0.428. The molecule has 1 aromatic rings. The SMILES string of the molecule is Cc1nn(C)c(OC(=O)O)c1[N+](=O)[O-]. The average Bonchev–Trinajstić information content (AvgIpc) is 2.25. The van der Waals surface area contributed by atoms with Crippen molar-refractivity contribution in [2.45, 2.75) is 6.92 Å². The van der Waals surface area contributed by atoms with Crippen LogP contribution in [0.15, 0.2) is 0 Å². The van der Waals surface area contributed by atoms with E-state index in [2.05, 4.69) is 9.84 Å². The Labute approximate surface area is 77.9 Å². The molecule has 0 atom stereocenters. The average molecular weight is 201 g/mol. The van der Waals surface area contributed by atoms with E-state index in [0.717, 1.165) is 4.68 Å². The van der Waals surface area contributed by atoms with Crippen molar-refractivity contribution in [2.75, 3.05) is 0 Å². The molecule has 0 unspecified atom stereocenters. The van der Waals surface area contributed by atoms with Gasteiger partial charge in [-0.15, -0.1) is 0 Å². The number of rotatable bonds is 2. The van der Waals surface area contributed by atoms with E-state index in [-0.39, 0.29) is 11.6 Å². The van der Waals surface area contributed by atoms with E-state index in [0.29, 0.717) is 0 Å². The molecule has 0 amide bonds. The smallest absolute Gasteiger partial charge is 0.449 e. The van der Waals surface area contributed by atoms with Crippen molar-refractivity contribution < 1.29 is 19.6 Å². The number of nitrogens with zero attached hydrogens (tertiary/aromatic N) is 3. The molecule has 1 heterocycles. The van der Waals surface area contributed by atoms with Crippen LogP contribution >= 0.6 is 0 Å². The van der Waals surface area contributed by atoms with Gasteiger partial charge in [-0.25, -0.2) is 9.48 Å². The number of nitro groups is 1. The van der Waals surface area contributed by atoms with Gasteiger partial charge >= 0.3 is 17.7 Å². The van der Waals surface area contributed by atoms with Gasteiger partial charge in [0.1, 0.15) is 5.69 Å². The fourth-order valence-corrected chi connectivity index (χ4v) is 1.03. The molecule has 0 aliphatic heterocycles. The molecule has 14 heavy (non-hydrogen) atoms. The maximum atomic E-state index is 10.5. The fraction of sp³-hybridized carbons (Fsp3) is 0.333. The lowest BCUT2D eigenvalue weighted by Crippen LogP contribution is -2.08. The zero-order chi connectivity index (χ0) is 10.9. The summed E-state index contributed by atoms with van der Waals surface area (Å²) in [5.74, 6) is -0.389. The van der Waals surface area contributed by atoms with Gasteiger partial charge in [0.15, 0.2) is 0 Å². The second-order valence-electron chi connectivity index (χ2n) is 2.49. The summed E-state index contributed by atoms with van der Waals surface area (Å²) in [5, 5.41) is 22.5. The first kappa shape index (κ1) is 9.96. The summed E-state index contributed by atoms with van der Waals surface area (Å²) in [7, 11) is 1.36. The van der Waals surface area contributed by atoms with Gasteiger partial charge in [-0.1, -0.05) is 0 Å². The number of carboxylic acid groups (broad SMARTS) is 1. The number of hydrogen-bond acceptors (Lipinski definition) is 5. The number of hydrogen-bond donors (Lipinski definition) is 1. The maximum Gasteiger partial charge on any atom is 0.512 e. The summed E-state index contributed by atoms with van der Waals surface area (Å²) < 4.78 is 5.24. The second-order valence-corrected chi connectivity index (χ2v) is 2.49. The Morgan fingerprint density at radius 1 is 1.71 bits per heavy atom. The molecular weight excluding hydrogens is 194 g/mol. The van der Waals surface area contributed by atoms with Crippen molar-refractivity contribution in [1.29, 1.82) is 0 Å². The number of aromatic nitrogens is 2. The lowest BCUT2D eigenvalue weighted by molar-refractivity contribution is -0.386. The molecule has 76 valence electrons. The van der Waals surface area contributed by atoms with Crippen LogP contribution in [0.5, 0.6) is 5.88 Å². The molecule has 0 aliphatic rings. The minimum atomic E-state index is -1.61. The van der Waals surface area contributed by atoms with E-state index in [1.807, 2.05) is 0 Å². The molecule has 0 bridgehead atoms. The van der Waals surface area contributed by atoms with Crippen LogP contribution in [0.1, 0.15) is 5.69 Å². The molecule has 1 rings (SSSR count). The van der Waals surface area contributed by atoms with Crippen molar-refractivity contribution in [3.63, 3.8) is 0 Å². The molecular formula is C6H7N3O5. The first-order valence-electron chi connectivity index (χ1n) is 3.52. The predicted octanol–water partition coefficient (Wildman–Crippen LogP) is 0.694. The topological polar surface area (TPSA) is 107 Å². The molecule has 1 N–H and O–H groups in total. The van der Waals surface area contributed by atoms with Crippen LogP contribution in [0.4, 0.5) is 10.5 Å². The summed E-state index contributed by atoms with van der Waals surface area (Å²) in [6, 6.07) is 0. The Morgan fingerprint density at radius 3 is 2.71 bits per heavy atom. The zero-order valence-corrected chi connectivity index (χ0v) is 7.42. The van der Waals surface area contributed by atoms with E-state index in [1.165, 1.54) is 14.0 Å². The molecule has 0 saturated heterocycles. The van der Waals surface area contributed by atoms with Gasteiger partial charge in [0.25, 0.3) is 0 Å². The molecule has 8 nitrogen and oxygen atoms in total. The van der Waals surface area contributed by atoms with Crippen LogP contribution in [-0.2, 0) is 7.05 Å². The highest BCUT2D eigenvalue weighted by Crippen LogP contribution is 2.29. The predicted molar refractivity (Wildman–Crippen MR) is 43.3 cm³/mol. The number of ether oxygens (including phenoxy) is 1. The van der Waals surface area contributed by atoms with Crippen molar-refractivity contribution in [2.24, 2.45) is 7.05 Å². The van der Waals surface area contributed by atoms with Crippen molar-refractivity contribution >= 4 is 11.8 Å². The molecule has 0 aromatic carbocycles. The zero-order valence-electron chi connectivity index (χ0n) is 7.42. The van der Waals surface area contributed by atoms with Crippen molar-refractivity contribution in [1.82, 2.24) is 9.78 Å². The Bertz CT molecular complexity index is 396. The molecule has 0 saturated carbocycles. The fourth-order valence-electron chi connectivity index (χ4n) is 1.03. The van der Waals surface area contributed by atoms with E-state index in [4.69, 9.17) is 5.11 Å². The lowest BCUT2D eigenvalue weighted by atomic mass is 10.4. The Kier molecular flexibility index (Phi) is 2.36. The van der Waals surface area contributed by atoms with Gasteiger partial charge in [0.2, 0.25) is 0 Å². The van der Waals surface area contributed by atoms with Crippen molar-refractivity contribution in [3.05, 3.63) is 15.8 Å². The van der Waals surface area contributed by atoms with E-state index >= 15 is 0 Å². The molecule has 8 heteroatoms. The number of carbonyl (C=O) groups is 1. The molecule has 1 aromatic heterocycles. The largest absolute Gasteiger partial charge is 0.512 e. The third-order valence-corrected chi connectivity index (χ3v) is 1.51. The van der Waals surface area contributed by atoms with Crippen LogP contribution in [0, 0.1) is 17.0 Å². The van der Waals surface area contributed by atoms with Gasteiger partial charge in [0, 0.05) is 7.05 Å². The Hall–Kier alpha value is -2.12. The van der Waals surface area contributed by atoms with Gasteiger partial charge in [-0.05, 0) is 6.92 Å². The van der Waals surface area contributed by atoms with Gasteiger partial charge in [0.05, 0.1) is 4.92 Å². The van der Waals surface area contributed by atoms with Crippen LogP contribution in [0.3, 0.4) is 0 Å². The summed E-state index contributed by atoms with van der Waals surface area (Å²) in [6.07, 6.45) is -1.61. The minimum absolute atomic E-state index is 0.105.